The molecular formula is C20H27N7O2. The molecule has 0 aliphatic carbocycles. The van der Waals surface area contributed by atoms with Crippen LogP contribution in [0.3, 0.4) is 0 Å². The highest BCUT2D eigenvalue weighted by molar-refractivity contribution is 6.04. The van der Waals surface area contributed by atoms with Crippen molar-refractivity contribution in [1.29, 1.82) is 5.41 Å². The Morgan fingerprint density at radius 2 is 1.93 bits per heavy atom. The monoisotopic (exact) mass is 397 g/mol. The second-order valence-corrected chi connectivity index (χ2v) is 6.88. The van der Waals surface area contributed by atoms with E-state index in [0.717, 1.165) is 56.9 Å². The predicted molar refractivity (Wildman–Crippen MR) is 113 cm³/mol. The highest BCUT2D eigenvalue weighted by atomic mass is 16.5. The van der Waals surface area contributed by atoms with E-state index in [1.165, 1.54) is 0 Å². The van der Waals surface area contributed by atoms with Crippen molar-refractivity contribution in [3.63, 3.8) is 0 Å². The third-order valence-corrected chi connectivity index (χ3v) is 4.91. The van der Waals surface area contributed by atoms with E-state index in [4.69, 9.17) is 15.9 Å². The number of benzene rings is 1. The number of anilines is 3. The molecule has 0 unspecified atom stereocenters. The van der Waals surface area contributed by atoms with Gasteiger partial charge in [0.1, 0.15) is 17.2 Å². The van der Waals surface area contributed by atoms with Crippen LogP contribution in [0.15, 0.2) is 24.3 Å². The Labute approximate surface area is 170 Å². The Kier molecular flexibility index (Phi) is 6.73. The van der Waals surface area contributed by atoms with Gasteiger partial charge in [-0.15, -0.1) is 0 Å². The first-order valence-electron chi connectivity index (χ1n) is 9.54. The van der Waals surface area contributed by atoms with E-state index >= 15 is 0 Å². The van der Waals surface area contributed by atoms with Crippen LogP contribution >= 0.6 is 0 Å². The molecule has 2 heterocycles. The molecule has 9 nitrogen and oxygen atoms in total. The average Bonchev–Trinajstić information content (AvgIpc) is 2.72. The second-order valence-electron chi connectivity index (χ2n) is 6.88. The van der Waals surface area contributed by atoms with Crippen LogP contribution in [0.4, 0.5) is 17.2 Å². The number of piperazine rings is 1. The molecule has 0 radical (unpaired) electrons. The Morgan fingerprint density at radius 3 is 2.52 bits per heavy atom. The molecular weight excluding hydrogens is 370 g/mol. The fourth-order valence-electron chi connectivity index (χ4n) is 3.37. The smallest absolute Gasteiger partial charge is 0.254 e. The van der Waals surface area contributed by atoms with Crippen LogP contribution in [0.5, 0.6) is 0 Å². The van der Waals surface area contributed by atoms with Gasteiger partial charge in [0, 0.05) is 57.4 Å². The third kappa shape index (κ3) is 5.07. The van der Waals surface area contributed by atoms with Gasteiger partial charge in [0.25, 0.3) is 5.91 Å². The van der Waals surface area contributed by atoms with Crippen molar-refractivity contribution < 1.29 is 9.53 Å². The van der Waals surface area contributed by atoms with Crippen LogP contribution in [-0.4, -0.2) is 73.4 Å². The van der Waals surface area contributed by atoms with Gasteiger partial charge in [-0.1, -0.05) is 0 Å². The summed E-state index contributed by atoms with van der Waals surface area (Å²) in [6.45, 7) is 7.39. The number of carbonyl (C=O) groups excluding carboxylic acids is 1. The van der Waals surface area contributed by atoms with Gasteiger partial charge in [0.15, 0.2) is 0 Å². The molecule has 1 amide bonds. The summed E-state index contributed by atoms with van der Waals surface area (Å²) in [6, 6.07) is 7.98. The second kappa shape index (κ2) is 9.44. The maximum atomic E-state index is 11.8. The van der Waals surface area contributed by atoms with Crippen LogP contribution in [0.2, 0.25) is 0 Å². The first kappa shape index (κ1) is 20.7. The van der Waals surface area contributed by atoms with Crippen molar-refractivity contribution in [3.8, 4) is 0 Å². The number of aryl methyl sites for hydroxylation is 1. The molecule has 0 saturated carbocycles. The van der Waals surface area contributed by atoms with E-state index in [2.05, 4.69) is 25.1 Å². The molecule has 1 aromatic carbocycles. The predicted octanol–water partition coefficient (Wildman–Crippen LogP) is 1.39. The van der Waals surface area contributed by atoms with E-state index < -0.39 is 5.91 Å². The number of carbonyl (C=O) groups is 1. The van der Waals surface area contributed by atoms with Crippen molar-refractivity contribution in [2.24, 2.45) is 5.73 Å². The molecule has 4 N–H and O–H groups in total. The number of primary amides is 1. The molecule has 9 heteroatoms. The van der Waals surface area contributed by atoms with Crippen LogP contribution < -0.4 is 16.0 Å². The standard InChI is InChI=1S/C20H27N7O2/c1-14-23-17(13-21)18(19(22)28)20(24-14)25-15-3-5-16(6-4-15)27-9-7-26(8-10-27)11-12-29-2/h3-6,13,21H,7-12H2,1-2H3,(H2,22,28)(H,23,24,25). The zero-order chi connectivity index (χ0) is 20.8. The quantitative estimate of drug-likeness (QED) is 0.576. The number of ether oxygens (including phenoxy) is 1. The summed E-state index contributed by atoms with van der Waals surface area (Å²) in [7, 11) is 1.73. The van der Waals surface area contributed by atoms with E-state index in [9.17, 15) is 4.79 Å². The fraction of sp³-hybridized carbons (Fsp3) is 0.400. The van der Waals surface area contributed by atoms with Crippen molar-refractivity contribution in [2.75, 3.05) is 56.7 Å². The lowest BCUT2D eigenvalue weighted by Gasteiger charge is -2.36. The number of methoxy groups -OCH3 is 1. The van der Waals surface area contributed by atoms with E-state index in [-0.39, 0.29) is 11.3 Å². The third-order valence-electron chi connectivity index (χ3n) is 4.91. The van der Waals surface area contributed by atoms with E-state index in [1.54, 1.807) is 14.0 Å². The highest BCUT2D eigenvalue weighted by Crippen LogP contribution is 2.24. The van der Waals surface area contributed by atoms with Crippen LogP contribution in [0.25, 0.3) is 0 Å². The summed E-state index contributed by atoms with van der Waals surface area (Å²) < 4.78 is 5.15. The fourth-order valence-corrected chi connectivity index (χ4v) is 3.37. The summed E-state index contributed by atoms with van der Waals surface area (Å²) in [6.07, 6.45) is 1.01. The summed E-state index contributed by atoms with van der Waals surface area (Å²) in [5.41, 5.74) is 7.72. The SMILES string of the molecule is COCCN1CCN(c2ccc(Nc3nc(C)nc(C=N)c3C(N)=O)cc2)CC1. The lowest BCUT2D eigenvalue weighted by atomic mass is 10.2. The Hall–Kier alpha value is -3.04. The molecule has 1 aliphatic heterocycles. The zero-order valence-corrected chi connectivity index (χ0v) is 16.8. The molecule has 1 fully saturated rings. The Bertz CT molecular complexity index is 862. The molecule has 3 rings (SSSR count). The summed E-state index contributed by atoms with van der Waals surface area (Å²) in [5, 5.41) is 10.6. The minimum Gasteiger partial charge on any atom is -0.383 e. The van der Waals surface area contributed by atoms with Gasteiger partial charge in [-0.2, -0.15) is 0 Å². The first-order chi connectivity index (χ1) is 14.0. The summed E-state index contributed by atoms with van der Waals surface area (Å²) in [4.78, 5) is 25.0. The highest BCUT2D eigenvalue weighted by Gasteiger charge is 2.18. The molecule has 0 spiro atoms. The van der Waals surface area contributed by atoms with Crippen molar-refractivity contribution in [3.05, 3.63) is 41.3 Å². The molecule has 1 saturated heterocycles. The number of nitrogens with two attached hydrogens (primary N) is 1. The Balaban J connectivity index is 1.70. The van der Waals surface area contributed by atoms with Crippen LogP contribution in [0.1, 0.15) is 21.9 Å². The number of nitrogens with one attached hydrogen (secondary N) is 2. The summed E-state index contributed by atoms with van der Waals surface area (Å²) >= 11 is 0. The van der Waals surface area contributed by atoms with Gasteiger partial charge < -0.3 is 26.1 Å². The number of amides is 1. The van der Waals surface area contributed by atoms with Crippen molar-refractivity contribution in [2.45, 2.75) is 6.92 Å². The van der Waals surface area contributed by atoms with Crippen molar-refractivity contribution >= 4 is 29.3 Å². The average molecular weight is 397 g/mol. The number of rotatable bonds is 8. The molecule has 2 aromatic rings. The van der Waals surface area contributed by atoms with Gasteiger partial charge in [0.2, 0.25) is 0 Å². The molecule has 154 valence electrons. The largest absolute Gasteiger partial charge is 0.383 e. The van der Waals surface area contributed by atoms with Crippen molar-refractivity contribution in [1.82, 2.24) is 14.9 Å². The van der Waals surface area contributed by atoms with Gasteiger partial charge >= 0.3 is 0 Å². The van der Waals surface area contributed by atoms with Gasteiger partial charge in [0.05, 0.1) is 12.3 Å². The van der Waals surface area contributed by atoms with E-state index in [0.29, 0.717) is 11.6 Å². The lowest BCUT2D eigenvalue weighted by molar-refractivity contribution is 0.100. The molecule has 0 bridgehead atoms. The maximum Gasteiger partial charge on any atom is 0.254 e. The number of aromatic nitrogens is 2. The van der Waals surface area contributed by atoms with Gasteiger partial charge in [-0.25, -0.2) is 9.97 Å². The molecule has 1 aromatic heterocycles. The first-order valence-corrected chi connectivity index (χ1v) is 9.54. The van der Waals surface area contributed by atoms with Gasteiger partial charge in [-0.05, 0) is 31.2 Å². The van der Waals surface area contributed by atoms with Crippen LogP contribution in [-0.2, 0) is 4.74 Å². The van der Waals surface area contributed by atoms with E-state index in [1.807, 2.05) is 24.3 Å². The Morgan fingerprint density at radius 1 is 1.24 bits per heavy atom. The van der Waals surface area contributed by atoms with Crippen LogP contribution in [0, 0.1) is 12.3 Å². The number of nitrogens with zero attached hydrogens (tertiary/aromatic N) is 4. The minimum absolute atomic E-state index is 0.113. The summed E-state index contributed by atoms with van der Waals surface area (Å²) in [5.74, 6) is 0.0935. The number of hydrogen-bond donors (Lipinski definition) is 3. The minimum atomic E-state index is -0.672. The normalized spacial score (nSPS) is 14.6. The maximum absolute atomic E-state index is 11.8. The molecule has 29 heavy (non-hydrogen) atoms. The molecule has 0 atom stereocenters. The lowest BCUT2D eigenvalue weighted by Crippen LogP contribution is -2.47. The zero-order valence-electron chi connectivity index (χ0n) is 16.8. The number of hydrogen-bond acceptors (Lipinski definition) is 8. The topological polar surface area (TPSA) is 120 Å². The van der Waals surface area contributed by atoms with Gasteiger partial charge in [-0.3, -0.25) is 9.69 Å². The molecule has 1 aliphatic rings.